The lowest BCUT2D eigenvalue weighted by molar-refractivity contribution is -0.150. The average Bonchev–Trinajstić information content (AvgIpc) is 2.51. The number of carbonyl (C=O) groups excluding carboxylic acids is 1. The number of hydrogen-bond acceptors (Lipinski definition) is 5. The number of likely N-dealkylation sites (N-methyl/N-ethyl adjacent to an activating group) is 1. The maximum absolute atomic E-state index is 11.9. The summed E-state index contributed by atoms with van der Waals surface area (Å²) in [5.41, 5.74) is -0.606. The van der Waals surface area contributed by atoms with E-state index in [9.17, 15) is 4.79 Å². The Morgan fingerprint density at radius 3 is 2.81 bits per heavy atom. The molecule has 0 aliphatic carbocycles. The summed E-state index contributed by atoms with van der Waals surface area (Å²) in [5.74, 6) is 1.63. The van der Waals surface area contributed by atoms with Crippen LogP contribution in [0.2, 0.25) is 0 Å². The van der Waals surface area contributed by atoms with Crippen LogP contribution >= 0.6 is 11.8 Å². The number of hydrogen-bond donors (Lipinski definition) is 1. The van der Waals surface area contributed by atoms with Gasteiger partial charge in [-0.2, -0.15) is 0 Å². The number of esters is 1. The fourth-order valence-electron chi connectivity index (χ4n) is 1.93. The summed E-state index contributed by atoms with van der Waals surface area (Å²) in [6.07, 6.45) is 1.68. The number of carbonyl (C=O) groups is 1. The van der Waals surface area contributed by atoms with E-state index in [-0.39, 0.29) is 5.97 Å². The Morgan fingerprint density at radius 1 is 1.43 bits per heavy atom. The molecule has 0 aliphatic heterocycles. The first kappa shape index (κ1) is 17.9. The van der Waals surface area contributed by atoms with E-state index in [1.165, 1.54) is 4.90 Å². The van der Waals surface area contributed by atoms with Gasteiger partial charge in [0.2, 0.25) is 0 Å². The van der Waals surface area contributed by atoms with Crippen molar-refractivity contribution in [1.29, 1.82) is 0 Å². The third kappa shape index (κ3) is 5.59. The molecule has 118 valence electrons. The summed E-state index contributed by atoms with van der Waals surface area (Å²) in [6.45, 7) is 4.13. The van der Waals surface area contributed by atoms with Gasteiger partial charge >= 0.3 is 5.97 Å². The van der Waals surface area contributed by atoms with Crippen LogP contribution in [0.25, 0.3) is 0 Å². The van der Waals surface area contributed by atoms with Gasteiger partial charge in [0.15, 0.2) is 0 Å². The number of methoxy groups -OCH3 is 1. The van der Waals surface area contributed by atoms with Crippen LogP contribution in [0.3, 0.4) is 0 Å². The molecule has 1 atom stereocenters. The van der Waals surface area contributed by atoms with Crippen LogP contribution in [-0.2, 0) is 9.53 Å². The number of nitrogens with one attached hydrogen (secondary N) is 1. The molecular formula is C16H25NO3S. The second kappa shape index (κ2) is 8.95. The number of benzene rings is 1. The standard InChI is InChI=1S/C16H25NO3S/c1-5-20-15(18)16(2,17-3)10-7-11-21-14-9-6-8-13(12-14)19-4/h6,8-9,12,17H,5,7,10-11H2,1-4H3. The smallest absolute Gasteiger partial charge is 0.326 e. The van der Waals surface area contributed by atoms with Gasteiger partial charge in [0.05, 0.1) is 13.7 Å². The lowest BCUT2D eigenvalue weighted by Crippen LogP contribution is -2.48. The maximum atomic E-state index is 11.9. The van der Waals surface area contributed by atoms with Crippen LogP contribution in [0.4, 0.5) is 0 Å². The third-order valence-electron chi connectivity index (χ3n) is 3.41. The van der Waals surface area contributed by atoms with Crippen LogP contribution in [-0.4, -0.2) is 38.0 Å². The molecule has 0 radical (unpaired) electrons. The quantitative estimate of drug-likeness (QED) is 0.431. The van der Waals surface area contributed by atoms with Crippen molar-refractivity contribution in [2.45, 2.75) is 37.1 Å². The largest absolute Gasteiger partial charge is 0.497 e. The minimum Gasteiger partial charge on any atom is -0.497 e. The first-order valence-corrected chi connectivity index (χ1v) is 8.17. The number of thioether (sulfide) groups is 1. The zero-order chi connectivity index (χ0) is 15.7. The molecule has 0 heterocycles. The lowest BCUT2D eigenvalue weighted by Gasteiger charge is -2.26. The first-order chi connectivity index (χ1) is 10.1. The molecule has 0 aliphatic rings. The predicted molar refractivity (Wildman–Crippen MR) is 87.0 cm³/mol. The second-order valence-corrected chi connectivity index (χ2v) is 6.10. The summed E-state index contributed by atoms with van der Waals surface area (Å²) in [4.78, 5) is 13.1. The van der Waals surface area contributed by atoms with Crippen molar-refractivity contribution >= 4 is 17.7 Å². The van der Waals surface area contributed by atoms with Gasteiger partial charge in [-0.1, -0.05) is 6.07 Å². The Kier molecular flexibility index (Phi) is 7.61. The Morgan fingerprint density at radius 2 is 2.19 bits per heavy atom. The van der Waals surface area contributed by atoms with Gasteiger partial charge in [-0.15, -0.1) is 11.8 Å². The van der Waals surface area contributed by atoms with E-state index in [1.54, 1.807) is 25.9 Å². The van der Waals surface area contributed by atoms with Gasteiger partial charge in [-0.3, -0.25) is 4.79 Å². The van der Waals surface area contributed by atoms with Gasteiger partial charge in [0, 0.05) is 4.90 Å². The molecule has 0 bridgehead atoms. The molecule has 4 nitrogen and oxygen atoms in total. The van der Waals surface area contributed by atoms with Crippen molar-refractivity contribution < 1.29 is 14.3 Å². The lowest BCUT2D eigenvalue weighted by atomic mass is 9.97. The Balaban J connectivity index is 2.42. The summed E-state index contributed by atoms with van der Waals surface area (Å²) in [6, 6.07) is 8.00. The molecule has 0 saturated carbocycles. The minimum atomic E-state index is -0.606. The van der Waals surface area contributed by atoms with Crippen LogP contribution in [0.15, 0.2) is 29.2 Å². The molecule has 21 heavy (non-hydrogen) atoms. The molecule has 1 aromatic carbocycles. The first-order valence-electron chi connectivity index (χ1n) is 7.18. The van der Waals surface area contributed by atoms with Crippen molar-refractivity contribution in [2.24, 2.45) is 0 Å². The molecule has 1 unspecified atom stereocenters. The minimum absolute atomic E-state index is 0.182. The molecular weight excluding hydrogens is 286 g/mol. The molecule has 0 saturated heterocycles. The van der Waals surface area contributed by atoms with Gasteiger partial charge in [0.1, 0.15) is 11.3 Å². The van der Waals surface area contributed by atoms with E-state index >= 15 is 0 Å². The van der Waals surface area contributed by atoms with Gasteiger partial charge in [0.25, 0.3) is 0 Å². The molecule has 1 N–H and O–H groups in total. The maximum Gasteiger partial charge on any atom is 0.326 e. The van der Waals surface area contributed by atoms with Gasteiger partial charge in [-0.05, 0) is 57.7 Å². The highest BCUT2D eigenvalue weighted by molar-refractivity contribution is 7.99. The SMILES string of the molecule is CCOC(=O)C(C)(CCCSc1cccc(OC)c1)NC. The predicted octanol–water partition coefficient (Wildman–Crippen LogP) is 3.11. The molecule has 5 heteroatoms. The fraction of sp³-hybridized carbons (Fsp3) is 0.562. The second-order valence-electron chi connectivity index (χ2n) is 4.93. The van der Waals surface area contributed by atoms with Crippen molar-refractivity contribution in [3.63, 3.8) is 0 Å². The third-order valence-corrected chi connectivity index (χ3v) is 4.49. The van der Waals surface area contributed by atoms with Crippen molar-refractivity contribution in [1.82, 2.24) is 5.32 Å². The number of ether oxygens (including phenoxy) is 2. The monoisotopic (exact) mass is 311 g/mol. The summed E-state index contributed by atoms with van der Waals surface area (Å²) < 4.78 is 10.3. The topological polar surface area (TPSA) is 47.6 Å². The van der Waals surface area contributed by atoms with Crippen molar-refractivity contribution in [2.75, 3.05) is 26.5 Å². The molecule has 0 aromatic heterocycles. The normalized spacial score (nSPS) is 13.5. The highest BCUT2D eigenvalue weighted by atomic mass is 32.2. The Hall–Kier alpha value is -1.20. The summed E-state index contributed by atoms with van der Waals surface area (Å²) in [7, 11) is 3.47. The van der Waals surface area contributed by atoms with Crippen molar-refractivity contribution in [3.8, 4) is 5.75 Å². The van der Waals surface area contributed by atoms with E-state index in [1.807, 2.05) is 32.0 Å². The highest BCUT2D eigenvalue weighted by Gasteiger charge is 2.32. The van der Waals surface area contributed by atoms with Crippen molar-refractivity contribution in [3.05, 3.63) is 24.3 Å². The zero-order valence-corrected chi connectivity index (χ0v) is 14.1. The van der Waals surface area contributed by atoms with E-state index in [2.05, 4.69) is 11.4 Å². The summed E-state index contributed by atoms with van der Waals surface area (Å²) >= 11 is 1.77. The van der Waals surface area contributed by atoms with E-state index in [0.29, 0.717) is 6.61 Å². The van der Waals surface area contributed by atoms with Gasteiger partial charge in [-0.25, -0.2) is 0 Å². The fourth-order valence-corrected chi connectivity index (χ4v) is 2.82. The molecule has 0 spiro atoms. The van der Waals surface area contributed by atoms with Crippen LogP contribution in [0.1, 0.15) is 26.7 Å². The molecule has 1 rings (SSSR count). The molecule has 0 fully saturated rings. The van der Waals surface area contributed by atoms with Crippen LogP contribution in [0.5, 0.6) is 5.75 Å². The molecule has 0 amide bonds. The summed E-state index contributed by atoms with van der Waals surface area (Å²) in [5, 5.41) is 3.08. The van der Waals surface area contributed by atoms with E-state index in [4.69, 9.17) is 9.47 Å². The van der Waals surface area contributed by atoms with Crippen LogP contribution < -0.4 is 10.1 Å². The average molecular weight is 311 g/mol. The van der Waals surface area contributed by atoms with E-state index < -0.39 is 5.54 Å². The Labute approximate surface area is 131 Å². The molecule has 1 aromatic rings. The Bertz CT molecular complexity index is 453. The highest BCUT2D eigenvalue weighted by Crippen LogP contribution is 2.25. The van der Waals surface area contributed by atoms with E-state index in [0.717, 1.165) is 24.3 Å². The van der Waals surface area contributed by atoms with Gasteiger partial charge < -0.3 is 14.8 Å². The zero-order valence-electron chi connectivity index (χ0n) is 13.3. The van der Waals surface area contributed by atoms with Crippen LogP contribution in [0, 0.1) is 0 Å². The number of rotatable bonds is 9.